The number of imidazole rings is 1. The van der Waals surface area contributed by atoms with Crippen molar-refractivity contribution in [2.45, 2.75) is 6.17 Å². The summed E-state index contributed by atoms with van der Waals surface area (Å²) >= 11 is 0. The number of phenols is 1. The van der Waals surface area contributed by atoms with Gasteiger partial charge in [-0.15, -0.1) is 0 Å². The number of hydrogen-bond acceptors (Lipinski definition) is 2. The van der Waals surface area contributed by atoms with Crippen LogP contribution in [0.25, 0.3) is 0 Å². The maximum absolute atomic E-state index is 13.9. The summed E-state index contributed by atoms with van der Waals surface area (Å²) in [5, 5.41) is 9.08. The molecular formula is C11H11FN2O. The predicted molar refractivity (Wildman–Crippen MR) is 54.3 cm³/mol. The molecule has 0 aliphatic heterocycles. The van der Waals surface area contributed by atoms with E-state index in [0.29, 0.717) is 11.4 Å². The second-order valence-corrected chi connectivity index (χ2v) is 3.35. The van der Waals surface area contributed by atoms with Crippen molar-refractivity contribution in [3.63, 3.8) is 0 Å². The molecule has 1 atom stereocenters. The average molecular weight is 206 g/mol. The van der Waals surface area contributed by atoms with Crippen LogP contribution in [0.1, 0.15) is 17.6 Å². The van der Waals surface area contributed by atoms with Gasteiger partial charge in [-0.1, -0.05) is 12.1 Å². The monoisotopic (exact) mass is 206 g/mol. The smallest absolute Gasteiger partial charge is 0.183 e. The minimum Gasteiger partial charge on any atom is -0.508 e. The number of rotatable bonds is 2. The van der Waals surface area contributed by atoms with Gasteiger partial charge in [0.25, 0.3) is 0 Å². The fourth-order valence-electron chi connectivity index (χ4n) is 1.41. The Labute approximate surface area is 86.8 Å². The van der Waals surface area contributed by atoms with Crippen LogP contribution in [0.5, 0.6) is 5.75 Å². The first-order chi connectivity index (χ1) is 7.18. The summed E-state index contributed by atoms with van der Waals surface area (Å²) in [7, 11) is 1.75. The molecule has 1 aromatic carbocycles. The van der Waals surface area contributed by atoms with Crippen LogP contribution in [-0.2, 0) is 7.05 Å². The molecule has 1 unspecified atom stereocenters. The minimum atomic E-state index is -1.26. The predicted octanol–water partition coefficient (Wildman–Crippen LogP) is 2.18. The van der Waals surface area contributed by atoms with Crippen LogP contribution in [0, 0.1) is 0 Å². The molecule has 0 aliphatic carbocycles. The van der Waals surface area contributed by atoms with Crippen LogP contribution in [0.4, 0.5) is 4.39 Å². The van der Waals surface area contributed by atoms with Gasteiger partial charge in [-0.25, -0.2) is 9.37 Å². The van der Waals surface area contributed by atoms with Crippen molar-refractivity contribution < 1.29 is 9.50 Å². The molecule has 1 N–H and O–H groups in total. The molecule has 15 heavy (non-hydrogen) atoms. The first-order valence-electron chi connectivity index (χ1n) is 4.58. The standard InChI is InChI=1S/C11H11FN2O/c1-14-7-6-13-11(14)10(12)8-2-4-9(15)5-3-8/h2-7,10,15H,1H3. The van der Waals surface area contributed by atoms with Crippen LogP contribution in [0.3, 0.4) is 0 Å². The molecule has 3 nitrogen and oxygen atoms in total. The van der Waals surface area contributed by atoms with Crippen LogP contribution in [0.2, 0.25) is 0 Å². The van der Waals surface area contributed by atoms with E-state index in [-0.39, 0.29) is 5.75 Å². The van der Waals surface area contributed by atoms with Gasteiger partial charge in [-0.05, 0) is 17.7 Å². The van der Waals surface area contributed by atoms with Crippen molar-refractivity contribution in [3.8, 4) is 5.75 Å². The quantitative estimate of drug-likeness (QED) is 0.817. The molecule has 0 radical (unpaired) electrons. The largest absolute Gasteiger partial charge is 0.508 e. The Bertz CT molecular complexity index is 450. The van der Waals surface area contributed by atoms with Crippen LogP contribution in [0.15, 0.2) is 36.7 Å². The SMILES string of the molecule is Cn1ccnc1C(F)c1ccc(O)cc1. The summed E-state index contributed by atoms with van der Waals surface area (Å²) in [5.74, 6) is 0.492. The number of phenolic OH excluding ortho intramolecular Hbond substituents is 1. The highest BCUT2D eigenvalue weighted by molar-refractivity contribution is 5.30. The zero-order valence-electron chi connectivity index (χ0n) is 8.26. The summed E-state index contributed by atoms with van der Waals surface area (Å²) in [4.78, 5) is 3.94. The molecule has 2 aromatic rings. The van der Waals surface area contributed by atoms with Crippen LogP contribution >= 0.6 is 0 Å². The molecule has 0 bridgehead atoms. The van der Waals surface area contributed by atoms with E-state index in [9.17, 15) is 4.39 Å². The van der Waals surface area contributed by atoms with Crippen molar-refractivity contribution in [2.75, 3.05) is 0 Å². The second kappa shape index (κ2) is 3.73. The van der Waals surface area contributed by atoms with E-state index >= 15 is 0 Å². The molecule has 78 valence electrons. The lowest BCUT2D eigenvalue weighted by atomic mass is 10.1. The van der Waals surface area contributed by atoms with Crippen molar-refractivity contribution in [3.05, 3.63) is 48.0 Å². The number of halogens is 1. The Balaban J connectivity index is 2.32. The lowest BCUT2D eigenvalue weighted by Gasteiger charge is -2.08. The lowest BCUT2D eigenvalue weighted by Crippen LogP contribution is -2.02. The third kappa shape index (κ3) is 1.83. The highest BCUT2D eigenvalue weighted by atomic mass is 19.1. The van der Waals surface area contributed by atoms with E-state index in [1.807, 2.05) is 0 Å². The first-order valence-corrected chi connectivity index (χ1v) is 4.58. The average Bonchev–Trinajstić information content (AvgIpc) is 2.65. The Kier molecular flexibility index (Phi) is 2.41. The summed E-state index contributed by atoms with van der Waals surface area (Å²) in [6.07, 6.45) is 2.00. The van der Waals surface area contributed by atoms with Gasteiger partial charge in [0.05, 0.1) is 0 Å². The summed E-state index contributed by atoms with van der Waals surface area (Å²) in [6.45, 7) is 0. The summed E-state index contributed by atoms with van der Waals surface area (Å²) < 4.78 is 15.6. The van der Waals surface area contributed by atoms with Gasteiger partial charge in [-0.2, -0.15) is 0 Å². The van der Waals surface area contributed by atoms with E-state index in [1.165, 1.54) is 12.1 Å². The van der Waals surface area contributed by atoms with Gasteiger partial charge in [-0.3, -0.25) is 0 Å². The van der Waals surface area contributed by atoms with Crippen molar-refractivity contribution in [2.24, 2.45) is 7.05 Å². The molecule has 0 fully saturated rings. The van der Waals surface area contributed by atoms with Crippen LogP contribution in [-0.4, -0.2) is 14.7 Å². The number of aromatic nitrogens is 2. The highest BCUT2D eigenvalue weighted by Gasteiger charge is 2.16. The van der Waals surface area contributed by atoms with E-state index in [0.717, 1.165) is 0 Å². The van der Waals surface area contributed by atoms with Gasteiger partial charge >= 0.3 is 0 Å². The van der Waals surface area contributed by atoms with E-state index in [1.54, 1.807) is 36.1 Å². The number of aryl methyl sites for hydroxylation is 1. The highest BCUT2D eigenvalue weighted by Crippen LogP contribution is 2.25. The van der Waals surface area contributed by atoms with Crippen molar-refractivity contribution in [1.29, 1.82) is 0 Å². The molecule has 0 spiro atoms. The zero-order chi connectivity index (χ0) is 10.8. The third-order valence-corrected chi connectivity index (χ3v) is 2.27. The van der Waals surface area contributed by atoms with Crippen molar-refractivity contribution >= 4 is 0 Å². The maximum atomic E-state index is 13.9. The maximum Gasteiger partial charge on any atom is 0.183 e. The number of nitrogens with zero attached hydrogens (tertiary/aromatic N) is 2. The first kappa shape index (κ1) is 9.71. The second-order valence-electron chi connectivity index (χ2n) is 3.35. The molecule has 0 aliphatic rings. The molecule has 0 amide bonds. The molecule has 2 rings (SSSR count). The van der Waals surface area contributed by atoms with Crippen molar-refractivity contribution in [1.82, 2.24) is 9.55 Å². The van der Waals surface area contributed by atoms with Gasteiger partial charge in [0, 0.05) is 19.4 Å². The van der Waals surface area contributed by atoms with Gasteiger partial charge in [0.2, 0.25) is 0 Å². The van der Waals surface area contributed by atoms with E-state index < -0.39 is 6.17 Å². The Morgan fingerprint density at radius 2 is 2.00 bits per heavy atom. The number of hydrogen-bond donors (Lipinski definition) is 1. The molecule has 1 heterocycles. The zero-order valence-corrected chi connectivity index (χ0v) is 8.26. The fourth-order valence-corrected chi connectivity index (χ4v) is 1.41. The number of aromatic hydroxyl groups is 1. The normalized spacial score (nSPS) is 12.7. The van der Waals surface area contributed by atoms with E-state index in [2.05, 4.69) is 4.98 Å². The van der Waals surface area contributed by atoms with Gasteiger partial charge in [0.15, 0.2) is 6.17 Å². The minimum absolute atomic E-state index is 0.130. The summed E-state index contributed by atoms with van der Waals surface area (Å²) in [5.41, 5.74) is 0.488. The summed E-state index contributed by atoms with van der Waals surface area (Å²) in [6, 6.07) is 6.03. The van der Waals surface area contributed by atoms with E-state index in [4.69, 9.17) is 5.11 Å². The number of benzene rings is 1. The lowest BCUT2D eigenvalue weighted by molar-refractivity contribution is 0.375. The molecule has 4 heteroatoms. The Morgan fingerprint density at radius 3 is 2.53 bits per heavy atom. The van der Waals surface area contributed by atoms with Gasteiger partial charge in [0.1, 0.15) is 11.6 Å². The molecular weight excluding hydrogens is 195 g/mol. The topological polar surface area (TPSA) is 38.0 Å². The molecule has 0 saturated carbocycles. The number of alkyl halides is 1. The van der Waals surface area contributed by atoms with Gasteiger partial charge < -0.3 is 9.67 Å². The molecule has 0 saturated heterocycles. The third-order valence-electron chi connectivity index (χ3n) is 2.27. The molecule has 1 aromatic heterocycles. The fraction of sp³-hybridized carbons (Fsp3) is 0.182. The van der Waals surface area contributed by atoms with Crippen LogP contribution < -0.4 is 0 Å². The Morgan fingerprint density at radius 1 is 1.33 bits per heavy atom. The Hall–Kier alpha value is -1.84.